The molecule has 5 nitrogen and oxygen atoms in total. The number of nitrogens with zero attached hydrogens (tertiary/aromatic N) is 2. The minimum Gasteiger partial charge on any atom is -0.358 e. The number of aromatic nitrogens is 3. The molecule has 0 fully saturated rings. The lowest BCUT2D eigenvalue weighted by molar-refractivity contribution is 0.641. The van der Waals surface area contributed by atoms with Crippen LogP contribution in [0.4, 0.5) is 0 Å². The number of fused-ring (bicyclic) bond motifs is 3. The predicted octanol–water partition coefficient (Wildman–Crippen LogP) is 3.97. The fraction of sp³-hybridized carbons (Fsp3) is 0.217. The van der Waals surface area contributed by atoms with Gasteiger partial charge in [0.25, 0.3) is 5.56 Å². The van der Waals surface area contributed by atoms with E-state index in [-0.39, 0.29) is 13.0 Å². The van der Waals surface area contributed by atoms with E-state index in [0.29, 0.717) is 0 Å². The molecule has 4 heterocycles. The summed E-state index contributed by atoms with van der Waals surface area (Å²) in [7, 11) is 0. The number of H-pyrrole nitrogens is 1. The molecule has 5 rings (SSSR count). The van der Waals surface area contributed by atoms with Crippen LogP contribution in [0.5, 0.6) is 0 Å². The lowest BCUT2D eigenvalue weighted by Crippen LogP contribution is -2.22. The Hall–Kier alpha value is -3.18. The molecule has 142 valence electrons. The van der Waals surface area contributed by atoms with Crippen molar-refractivity contribution in [2.75, 3.05) is 6.54 Å². The first kappa shape index (κ1) is 18.2. The number of hydrogen-bond acceptors (Lipinski definition) is 3. The van der Waals surface area contributed by atoms with Crippen LogP contribution in [-0.4, -0.2) is 21.1 Å². The summed E-state index contributed by atoms with van der Waals surface area (Å²) in [4.78, 5) is 20.7. The van der Waals surface area contributed by atoms with E-state index in [1.807, 2.05) is 43.6 Å². The fourth-order valence-electron chi connectivity index (χ4n) is 3.78. The van der Waals surface area contributed by atoms with E-state index in [4.69, 9.17) is 0 Å². The highest BCUT2D eigenvalue weighted by atomic mass is 16.1. The summed E-state index contributed by atoms with van der Waals surface area (Å²) in [5.74, 6) is 0. The molecule has 0 radical (unpaired) electrons. The van der Waals surface area contributed by atoms with Crippen molar-refractivity contribution < 1.29 is 0 Å². The molecule has 0 bridgehead atoms. The molecule has 1 aromatic carbocycles. The topological polar surface area (TPSA) is 62.7 Å². The molecule has 5 heteroatoms. The highest BCUT2D eigenvalue weighted by molar-refractivity contribution is 5.86. The fourth-order valence-corrected chi connectivity index (χ4v) is 3.78. The number of pyridine rings is 2. The van der Waals surface area contributed by atoms with Gasteiger partial charge < -0.3 is 10.3 Å². The van der Waals surface area contributed by atoms with Crippen molar-refractivity contribution in [2.24, 2.45) is 0 Å². The minimum absolute atomic E-state index is 0. The van der Waals surface area contributed by atoms with Crippen molar-refractivity contribution in [3.8, 4) is 16.9 Å². The number of hydrogen-bond donors (Lipinski definition) is 2. The highest BCUT2D eigenvalue weighted by Crippen LogP contribution is 2.26. The van der Waals surface area contributed by atoms with E-state index in [0.717, 1.165) is 47.5 Å². The summed E-state index contributed by atoms with van der Waals surface area (Å²) in [5, 5.41) is 4.65. The van der Waals surface area contributed by atoms with Crippen LogP contribution in [0.3, 0.4) is 0 Å². The molecule has 0 aliphatic carbocycles. The first-order chi connectivity index (χ1) is 13.2. The molecule has 0 saturated heterocycles. The summed E-state index contributed by atoms with van der Waals surface area (Å²) in [5.41, 5.74) is 7.27. The molecule has 1 aliphatic rings. The van der Waals surface area contributed by atoms with Crippen LogP contribution in [-0.2, 0) is 13.0 Å². The van der Waals surface area contributed by atoms with E-state index in [1.54, 1.807) is 10.6 Å². The largest absolute Gasteiger partial charge is 0.358 e. The molecule has 1 aliphatic heterocycles. The van der Waals surface area contributed by atoms with E-state index in [2.05, 4.69) is 27.4 Å². The van der Waals surface area contributed by atoms with Crippen LogP contribution in [0.2, 0.25) is 0 Å². The van der Waals surface area contributed by atoms with Gasteiger partial charge in [-0.15, -0.1) is 0 Å². The summed E-state index contributed by atoms with van der Waals surface area (Å²) in [6, 6.07) is 13.7. The van der Waals surface area contributed by atoms with E-state index in [9.17, 15) is 4.79 Å². The zero-order chi connectivity index (χ0) is 18.4. The molecule has 0 saturated carbocycles. The van der Waals surface area contributed by atoms with Gasteiger partial charge in [-0.05, 0) is 42.3 Å². The quantitative estimate of drug-likeness (QED) is 0.560. The van der Waals surface area contributed by atoms with E-state index >= 15 is 0 Å². The van der Waals surface area contributed by atoms with E-state index in [1.165, 1.54) is 16.6 Å². The Labute approximate surface area is 164 Å². The zero-order valence-corrected chi connectivity index (χ0v) is 15.1. The number of aromatic amines is 1. The molecule has 3 aromatic heterocycles. The maximum absolute atomic E-state index is 12.7. The van der Waals surface area contributed by atoms with Gasteiger partial charge in [0.05, 0.1) is 11.4 Å². The Balaban J connectivity index is 0.00000192. The molecular formula is C23H24N4O. The Morgan fingerprint density at radius 2 is 2.00 bits per heavy atom. The van der Waals surface area contributed by atoms with Crippen molar-refractivity contribution in [1.29, 1.82) is 0 Å². The van der Waals surface area contributed by atoms with Crippen molar-refractivity contribution in [3.63, 3.8) is 0 Å². The molecule has 0 amide bonds. The standard InChI is InChI=1S/C22H20N4O.CH4/c1-14-2-5-19(24-12-14)15-7-9-26(22(27)10-15)16-3-4-17-18-13-23-8-6-20(18)25-21(17)11-16;/h2-5,7,9-12,23,25H,6,8,13H2,1H3;1H4. The second-order valence-electron chi connectivity index (χ2n) is 7.08. The lowest BCUT2D eigenvalue weighted by Gasteiger charge is -2.12. The van der Waals surface area contributed by atoms with Gasteiger partial charge in [-0.25, -0.2) is 0 Å². The molecule has 0 unspecified atom stereocenters. The minimum atomic E-state index is -0.0628. The predicted molar refractivity (Wildman–Crippen MR) is 114 cm³/mol. The third-order valence-electron chi connectivity index (χ3n) is 5.24. The normalized spacial score (nSPS) is 13.2. The molecular weight excluding hydrogens is 348 g/mol. The van der Waals surface area contributed by atoms with Crippen molar-refractivity contribution in [3.05, 3.63) is 82.0 Å². The third kappa shape index (κ3) is 3.04. The summed E-state index contributed by atoms with van der Waals surface area (Å²) < 4.78 is 1.68. The Morgan fingerprint density at radius 3 is 2.79 bits per heavy atom. The molecule has 28 heavy (non-hydrogen) atoms. The Morgan fingerprint density at radius 1 is 1.11 bits per heavy atom. The summed E-state index contributed by atoms with van der Waals surface area (Å²) in [6.07, 6.45) is 4.65. The maximum atomic E-state index is 12.7. The van der Waals surface area contributed by atoms with Gasteiger partial charge >= 0.3 is 0 Å². The van der Waals surface area contributed by atoms with Gasteiger partial charge in [-0.2, -0.15) is 0 Å². The van der Waals surface area contributed by atoms with Gasteiger partial charge in [0, 0.05) is 60.1 Å². The molecule has 0 spiro atoms. The van der Waals surface area contributed by atoms with Gasteiger partial charge in [0.2, 0.25) is 0 Å². The van der Waals surface area contributed by atoms with Crippen LogP contribution in [0.15, 0.2) is 59.7 Å². The van der Waals surface area contributed by atoms with Crippen LogP contribution in [0.1, 0.15) is 24.2 Å². The smallest absolute Gasteiger partial charge is 0.255 e. The second kappa shape index (κ2) is 7.09. The summed E-state index contributed by atoms with van der Waals surface area (Å²) >= 11 is 0. The number of nitrogens with one attached hydrogen (secondary N) is 2. The number of benzene rings is 1. The highest BCUT2D eigenvalue weighted by Gasteiger charge is 2.15. The summed E-state index contributed by atoms with van der Waals surface area (Å²) in [6.45, 7) is 3.90. The third-order valence-corrected chi connectivity index (χ3v) is 5.24. The van der Waals surface area contributed by atoms with Crippen LogP contribution in [0.25, 0.3) is 27.8 Å². The second-order valence-corrected chi connectivity index (χ2v) is 7.08. The Kier molecular flexibility index (Phi) is 4.61. The van der Waals surface area contributed by atoms with E-state index < -0.39 is 0 Å². The molecule has 0 atom stereocenters. The van der Waals surface area contributed by atoms with Crippen molar-refractivity contribution in [1.82, 2.24) is 19.9 Å². The first-order valence-corrected chi connectivity index (χ1v) is 9.19. The Bertz CT molecular complexity index is 1200. The SMILES string of the molecule is C.Cc1ccc(-c2ccn(-c3ccc4c5c([nH]c4c3)CCNC5)c(=O)c2)nc1. The zero-order valence-electron chi connectivity index (χ0n) is 15.1. The van der Waals surface area contributed by atoms with Crippen molar-refractivity contribution in [2.45, 2.75) is 27.3 Å². The van der Waals surface area contributed by atoms with Gasteiger partial charge in [0.1, 0.15) is 0 Å². The van der Waals surface area contributed by atoms with Gasteiger partial charge in [0.15, 0.2) is 0 Å². The lowest BCUT2D eigenvalue weighted by atomic mass is 10.1. The van der Waals surface area contributed by atoms with Crippen molar-refractivity contribution >= 4 is 10.9 Å². The maximum Gasteiger partial charge on any atom is 0.255 e. The average Bonchev–Trinajstić information content (AvgIpc) is 3.06. The van der Waals surface area contributed by atoms with Crippen LogP contribution in [0, 0.1) is 6.92 Å². The molecule has 2 N–H and O–H groups in total. The van der Waals surface area contributed by atoms with Gasteiger partial charge in [-0.1, -0.05) is 19.6 Å². The van der Waals surface area contributed by atoms with Crippen LogP contribution < -0.4 is 10.9 Å². The monoisotopic (exact) mass is 372 g/mol. The van der Waals surface area contributed by atoms with Gasteiger partial charge in [-0.3, -0.25) is 14.3 Å². The molecule has 4 aromatic rings. The number of rotatable bonds is 2. The first-order valence-electron chi connectivity index (χ1n) is 9.19. The average molecular weight is 372 g/mol. The number of aryl methyl sites for hydroxylation is 1. The van der Waals surface area contributed by atoms with Crippen LogP contribution >= 0.6 is 0 Å².